The van der Waals surface area contributed by atoms with Crippen molar-refractivity contribution in [2.24, 2.45) is 0 Å². The van der Waals surface area contributed by atoms with Crippen LogP contribution in [0.3, 0.4) is 0 Å². The molecule has 0 heterocycles. The summed E-state index contributed by atoms with van der Waals surface area (Å²) in [6.07, 6.45) is -3.06. The molecule has 0 saturated carbocycles. The van der Waals surface area contributed by atoms with Gasteiger partial charge in [-0.15, -0.1) is 0 Å². The number of hydrogen-bond donors (Lipinski definition) is 2. The van der Waals surface area contributed by atoms with Crippen LogP contribution < -0.4 is 22.0 Å². The van der Waals surface area contributed by atoms with Gasteiger partial charge in [-0.3, -0.25) is 9.59 Å². The summed E-state index contributed by atoms with van der Waals surface area (Å²) in [4.78, 5) is 40.1. The van der Waals surface area contributed by atoms with Crippen molar-refractivity contribution in [3.63, 3.8) is 0 Å². The Hall–Kier alpha value is -7.69. The van der Waals surface area contributed by atoms with E-state index in [0.717, 1.165) is 0 Å². The zero-order chi connectivity index (χ0) is 71.7. The molecule has 0 spiro atoms. The number of ether oxygens (including phenoxy) is 1. The van der Waals surface area contributed by atoms with E-state index in [4.69, 9.17) is 21.5 Å². The number of esters is 1. The third-order valence-electron chi connectivity index (χ3n) is 16.1. The number of carboxylic acid groups (broad SMARTS) is 1. The molecule has 18 nitrogen and oxygen atoms in total. The van der Waals surface area contributed by atoms with Crippen molar-refractivity contribution in [2.45, 2.75) is 117 Å². The van der Waals surface area contributed by atoms with Gasteiger partial charge in [0.05, 0.1) is 20.0 Å². The average Bonchev–Trinajstić information content (AvgIpc) is 0.756. The van der Waals surface area contributed by atoms with Crippen LogP contribution in [0.5, 0.6) is 23.0 Å². The number of fused-ring (bicyclic) bond motifs is 8. The van der Waals surface area contributed by atoms with E-state index in [2.05, 4.69) is 69.0 Å². The lowest BCUT2D eigenvalue weighted by molar-refractivity contribution is -0.145. The van der Waals surface area contributed by atoms with Crippen molar-refractivity contribution in [1.82, 2.24) is 5.32 Å². The fraction of sp³-hybridized carbons (Fsp3) is 0.219. The maximum Gasteiger partial charge on any atom is 0.339 e. The Labute approximate surface area is 609 Å². The SMILES string of the molecule is COC(=O)C(NC(=O)Cc1cc2c(OS(=O)(=O)c3ccc(Br)cc3)c(c1)Cc1cc(C(C)(C)C)cc(c1OS(=O)(=O)c1ccc(Br)cc1)Cc1cc(CC(=O)O)cc(c1OS(=O)(=O)c1ccc(Br)cc1)Cc1cc(C(C)(C)C)cc(c1OS(=O)(=O)c1ccc(Br)cc1)C2)c1ccccc1. The number of amides is 1. The zero-order valence-corrected chi connectivity index (χ0v) is 63.8. The van der Waals surface area contributed by atoms with Crippen LogP contribution in [0.25, 0.3) is 0 Å². The Morgan fingerprint density at radius 3 is 0.929 bits per heavy atom. The van der Waals surface area contributed by atoms with Crippen molar-refractivity contribution >= 4 is 122 Å². The molecule has 1 aliphatic carbocycles. The molecule has 0 radical (unpaired) electrons. The monoisotopic (exact) mass is 1670 g/mol. The predicted octanol–water partition coefficient (Wildman–Crippen LogP) is 15.3. The number of hydrogen-bond acceptors (Lipinski definition) is 16. The molecule has 9 aromatic rings. The second-order valence-corrected chi connectivity index (χ2v) is 35.4. The van der Waals surface area contributed by atoms with Crippen LogP contribution in [0, 0.1) is 0 Å². The third kappa shape index (κ3) is 17.9. The molecule has 0 saturated heterocycles. The Morgan fingerprint density at radius 1 is 0.414 bits per heavy atom. The van der Waals surface area contributed by atoms with Crippen molar-refractivity contribution in [3.05, 3.63) is 266 Å². The molecular weight excluding hydrogens is 1610 g/mol. The van der Waals surface area contributed by atoms with Crippen LogP contribution in [0.4, 0.5) is 0 Å². The quantitative estimate of drug-likeness (QED) is 0.0563. The van der Waals surface area contributed by atoms with E-state index < -0.39 is 114 Å². The summed E-state index contributed by atoms with van der Waals surface area (Å²) in [5.74, 6) is -4.11. The highest BCUT2D eigenvalue weighted by Crippen LogP contribution is 2.45. The van der Waals surface area contributed by atoms with E-state index in [9.17, 15) is 19.5 Å². The van der Waals surface area contributed by atoms with Gasteiger partial charge in [0.25, 0.3) is 0 Å². The molecule has 0 aliphatic heterocycles. The summed E-state index contributed by atoms with van der Waals surface area (Å²) in [5.41, 5.74) is 0.487. The fourth-order valence-corrected chi connectivity index (χ4v) is 16.2. The summed E-state index contributed by atoms with van der Waals surface area (Å²) in [5, 5.41) is 13.4. The highest BCUT2D eigenvalue weighted by atomic mass is 79.9. The number of benzene rings is 9. The normalized spacial score (nSPS) is 13.2. The fourth-order valence-electron chi connectivity index (χ4n) is 11.2. The second kappa shape index (κ2) is 29.5. The first-order valence-corrected chi connectivity index (χ1v) is 39.3. The number of carbonyl (C=O) groups is 3. The highest BCUT2D eigenvalue weighted by molar-refractivity contribution is 9.11. The summed E-state index contributed by atoms with van der Waals surface area (Å²) < 4.78 is 154. The first-order valence-electron chi connectivity index (χ1n) is 30.5. The Bertz CT molecular complexity index is 4910. The first kappa shape index (κ1) is 74.0. The number of carbonyl (C=O) groups excluding carboxylic acids is 2. The van der Waals surface area contributed by atoms with Gasteiger partial charge >= 0.3 is 52.4 Å². The summed E-state index contributed by atoms with van der Waals surface area (Å²) in [6, 6.07) is 42.0. The van der Waals surface area contributed by atoms with Crippen molar-refractivity contribution in [3.8, 4) is 23.0 Å². The van der Waals surface area contributed by atoms with Crippen molar-refractivity contribution < 1.29 is 74.6 Å². The lowest BCUT2D eigenvalue weighted by atomic mass is 9.81. The average molecular weight is 1680 g/mol. The molecule has 99 heavy (non-hydrogen) atoms. The van der Waals surface area contributed by atoms with Gasteiger partial charge in [0.1, 0.15) is 42.6 Å². The number of nitrogens with one attached hydrogen (secondary N) is 1. The van der Waals surface area contributed by atoms with Gasteiger partial charge in [-0.25, -0.2) is 4.79 Å². The zero-order valence-electron chi connectivity index (χ0n) is 54.2. The van der Waals surface area contributed by atoms with Crippen molar-refractivity contribution in [2.75, 3.05) is 7.11 Å². The van der Waals surface area contributed by atoms with E-state index >= 15 is 33.7 Å². The van der Waals surface area contributed by atoms with Gasteiger partial charge in [0.15, 0.2) is 6.04 Å². The minimum absolute atomic E-state index is 0.00254. The molecule has 26 heteroatoms. The molecule has 0 fully saturated rings. The lowest BCUT2D eigenvalue weighted by Gasteiger charge is -2.27. The Balaban J connectivity index is 1.36. The first-order chi connectivity index (χ1) is 46.4. The molecule has 1 unspecified atom stereocenters. The topological polar surface area (TPSA) is 266 Å². The number of methoxy groups -OCH3 is 1. The largest absolute Gasteiger partial charge is 0.481 e. The van der Waals surface area contributed by atoms with Crippen LogP contribution >= 0.6 is 63.7 Å². The third-order valence-corrected chi connectivity index (χ3v) is 23.2. The van der Waals surface area contributed by atoms with E-state index in [-0.39, 0.29) is 98.2 Å². The molecule has 1 amide bonds. The summed E-state index contributed by atoms with van der Waals surface area (Å²) in [7, 11) is -18.4. The Kier molecular flexibility index (Phi) is 22.0. The smallest absolute Gasteiger partial charge is 0.339 e. The van der Waals surface area contributed by atoms with Crippen LogP contribution in [0.2, 0.25) is 0 Å². The van der Waals surface area contributed by atoms with E-state index in [1.54, 1.807) is 54.6 Å². The predicted molar refractivity (Wildman–Crippen MR) is 387 cm³/mol. The van der Waals surface area contributed by atoms with Crippen LogP contribution in [-0.2, 0) is 109 Å². The van der Waals surface area contributed by atoms with E-state index in [0.29, 0.717) is 34.6 Å². The lowest BCUT2D eigenvalue weighted by Crippen LogP contribution is -2.35. The molecule has 2 N–H and O–H groups in total. The summed E-state index contributed by atoms with van der Waals surface area (Å²) in [6.45, 7) is 11.3. The minimum atomic E-state index is -4.90. The molecule has 1 atom stereocenters. The van der Waals surface area contributed by atoms with E-state index in [1.165, 1.54) is 128 Å². The molecule has 1 aliphatic rings. The molecule has 10 rings (SSSR count). The van der Waals surface area contributed by atoms with Gasteiger partial charge in [-0.05, 0) is 136 Å². The van der Waals surface area contributed by atoms with Gasteiger partial charge in [-0.2, -0.15) is 33.7 Å². The second-order valence-electron chi connectivity index (χ2n) is 25.6. The van der Waals surface area contributed by atoms with Gasteiger partial charge in [0.2, 0.25) is 5.91 Å². The number of aliphatic carboxylic acids is 1. The summed E-state index contributed by atoms with van der Waals surface area (Å²) >= 11 is 13.5. The molecule has 0 aromatic heterocycles. The number of rotatable bonds is 19. The maximum atomic E-state index is 15.2. The van der Waals surface area contributed by atoms with Gasteiger partial charge < -0.3 is 31.9 Å². The molecule has 516 valence electrons. The molecule has 9 aromatic carbocycles. The van der Waals surface area contributed by atoms with Gasteiger partial charge in [-0.1, -0.05) is 184 Å². The van der Waals surface area contributed by atoms with E-state index in [1.807, 2.05) is 41.5 Å². The van der Waals surface area contributed by atoms with Crippen molar-refractivity contribution in [1.29, 1.82) is 0 Å². The molecule has 8 bridgehead atoms. The van der Waals surface area contributed by atoms with Crippen LogP contribution in [-0.4, -0.2) is 63.7 Å². The highest BCUT2D eigenvalue weighted by Gasteiger charge is 2.34. The minimum Gasteiger partial charge on any atom is -0.481 e. The number of carboxylic acids is 1. The Morgan fingerprint density at radius 2 is 0.677 bits per heavy atom. The van der Waals surface area contributed by atoms with Crippen LogP contribution in [0.1, 0.15) is 120 Å². The molecular formula is C73H65Br4NO17S4. The standard InChI is InChI=1S/C73H65Br4NO17S4/c1-72(2,3)54-39-50-35-46-29-43(33-64(79)78-66(71(82)91-7)45-11-9-8-10-12-45)30-47(67(46)92-96(83,84)60-21-13-56(74)14-22-60)36-51-40-55(73(4,5)6)42-53(70(51)95-99(89,90)63-27-19-59(77)20-28-63)38-49-32-44(34-65(80)81)31-48(68(49)93-97(85,86)61-23-15-57(75)16-24-61)37-52(41-54)69(50)94-98(87,88)62-25-17-58(76)18-26-62/h8-32,39-42,66H,33-38H2,1-7H3,(H,78,79)(H,80,81). The van der Waals surface area contributed by atoms with Crippen LogP contribution in [0.15, 0.2) is 213 Å². The maximum absolute atomic E-state index is 15.2. The van der Waals surface area contributed by atoms with Gasteiger partial charge in [0, 0.05) is 88.1 Å². The number of halogens is 4.